The number of unbranched alkanes of at least 4 members (excludes halogenated alkanes) is 3. The number of halogens is 7. The Morgan fingerprint density at radius 3 is 2.03 bits per heavy atom. The molecular weight excluding hydrogens is 493 g/mol. The summed E-state index contributed by atoms with van der Waals surface area (Å²) in [6, 6.07) is 8.86. The van der Waals surface area contributed by atoms with Crippen LogP contribution in [0.5, 0.6) is 0 Å². The SMILES string of the molecule is CCCCCCc1ccc(-c2cc(F)c(C#Cc3cc(F)c4c(F)c(F)c(F)cc4c3)c(F)c2)c(F)c1. The summed E-state index contributed by atoms with van der Waals surface area (Å²) in [5, 5.41) is -1.07. The highest BCUT2D eigenvalue weighted by atomic mass is 19.2. The van der Waals surface area contributed by atoms with Gasteiger partial charge in [-0.05, 0) is 65.8 Å². The molecule has 4 aromatic rings. The van der Waals surface area contributed by atoms with E-state index in [0.29, 0.717) is 12.5 Å². The monoisotopic (exact) mass is 514 g/mol. The largest absolute Gasteiger partial charge is 0.206 e. The van der Waals surface area contributed by atoms with Crippen LogP contribution in [-0.4, -0.2) is 0 Å². The van der Waals surface area contributed by atoms with Crippen LogP contribution in [0.15, 0.2) is 48.5 Å². The van der Waals surface area contributed by atoms with Crippen molar-refractivity contribution in [1.29, 1.82) is 0 Å². The molecule has 0 nitrogen and oxygen atoms in total. The van der Waals surface area contributed by atoms with E-state index in [1.165, 1.54) is 12.1 Å². The first-order chi connectivity index (χ1) is 17.7. The molecule has 0 atom stereocenters. The van der Waals surface area contributed by atoms with Gasteiger partial charge in [0.15, 0.2) is 17.5 Å². The third-order valence-electron chi connectivity index (χ3n) is 6.06. The molecule has 0 N–H and O–H groups in total. The van der Waals surface area contributed by atoms with Gasteiger partial charge in [-0.3, -0.25) is 0 Å². The second-order valence-electron chi connectivity index (χ2n) is 8.73. The van der Waals surface area contributed by atoms with Gasteiger partial charge in [-0.2, -0.15) is 0 Å². The second-order valence-corrected chi connectivity index (χ2v) is 8.73. The molecule has 0 saturated carbocycles. The number of benzene rings is 4. The van der Waals surface area contributed by atoms with Crippen LogP contribution < -0.4 is 0 Å². The van der Waals surface area contributed by atoms with Crippen molar-refractivity contribution in [2.24, 2.45) is 0 Å². The summed E-state index contributed by atoms with van der Waals surface area (Å²) in [5.74, 6) is -4.36. The first-order valence-corrected chi connectivity index (χ1v) is 11.8. The van der Waals surface area contributed by atoms with Crippen LogP contribution in [-0.2, 0) is 6.42 Å². The fourth-order valence-electron chi connectivity index (χ4n) is 4.15. The lowest BCUT2D eigenvalue weighted by molar-refractivity contribution is 0.451. The number of hydrogen-bond acceptors (Lipinski definition) is 0. The average molecular weight is 514 g/mol. The summed E-state index contributed by atoms with van der Waals surface area (Å²) in [6.07, 6.45) is 4.85. The average Bonchev–Trinajstić information content (AvgIpc) is 2.84. The molecule has 4 aromatic carbocycles. The van der Waals surface area contributed by atoms with Gasteiger partial charge in [-0.1, -0.05) is 50.2 Å². The number of aryl methyl sites for hydroxylation is 1. The summed E-state index contributed by atoms with van der Waals surface area (Å²) in [7, 11) is 0. The van der Waals surface area contributed by atoms with E-state index in [2.05, 4.69) is 18.8 Å². The van der Waals surface area contributed by atoms with Gasteiger partial charge in [0.25, 0.3) is 0 Å². The van der Waals surface area contributed by atoms with E-state index < -0.39 is 51.7 Å². The minimum atomic E-state index is -1.81. The lowest BCUT2D eigenvalue weighted by Gasteiger charge is -2.08. The molecule has 190 valence electrons. The van der Waals surface area contributed by atoms with Crippen LogP contribution in [0.3, 0.4) is 0 Å². The first-order valence-electron chi connectivity index (χ1n) is 11.8. The Kier molecular flexibility index (Phi) is 7.87. The fourth-order valence-corrected chi connectivity index (χ4v) is 4.15. The molecule has 0 aliphatic heterocycles. The smallest absolute Gasteiger partial charge is 0.195 e. The molecule has 0 heterocycles. The predicted molar refractivity (Wildman–Crippen MR) is 129 cm³/mol. The van der Waals surface area contributed by atoms with Crippen LogP contribution in [0.25, 0.3) is 21.9 Å². The quantitative estimate of drug-likeness (QED) is 0.104. The maximum absolute atomic E-state index is 14.8. The third kappa shape index (κ3) is 5.64. The fraction of sp³-hybridized carbons (Fsp3) is 0.200. The molecule has 0 fully saturated rings. The third-order valence-corrected chi connectivity index (χ3v) is 6.06. The molecule has 0 aliphatic rings. The van der Waals surface area contributed by atoms with E-state index in [9.17, 15) is 30.7 Å². The first kappa shape index (κ1) is 26.3. The van der Waals surface area contributed by atoms with Crippen molar-refractivity contribution in [3.8, 4) is 23.0 Å². The second kappa shape index (κ2) is 11.1. The van der Waals surface area contributed by atoms with Crippen LogP contribution in [0.4, 0.5) is 30.7 Å². The molecule has 0 aliphatic carbocycles. The van der Waals surface area contributed by atoms with Crippen molar-refractivity contribution < 1.29 is 30.7 Å². The predicted octanol–water partition coefficient (Wildman–Crippen LogP) is 9.00. The Balaban J connectivity index is 1.62. The minimum Gasteiger partial charge on any atom is -0.206 e. The van der Waals surface area contributed by atoms with Gasteiger partial charge in [0.2, 0.25) is 0 Å². The van der Waals surface area contributed by atoms with E-state index in [1.807, 2.05) is 0 Å². The van der Waals surface area contributed by atoms with Crippen molar-refractivity contribution in [2.75, 3.05) is 0 Å². The lowest BCUT2D eigenvalue weighted by atomic mass is 9.99. The van der Waals surface area contributed by atoms with Crippen molar-refractivity contribution >= 4 is 10.8 Å². The highest BCUT2D eigenvalue weighted by Gasteiger charge is 2.18. The van der Waals surface area contributed by atoms with Crippen LogP contribution in [0.2, 0.25) is 0 Å². The lowest BCUT2D eigenvalue weighted by Crippen LogP contribution is -1.96. The van der Waals surface area contributed by atoms with Gasteiger partial charge < -0.3 is 0 Å². The zero-order valence-electron chi connectivity index (χ0n) is 19.8. The molecule has 0 aromatic heterocycles. The highest BCUT2D eigenvalue weighted by molar-refractivity contribution is 5.85. The van der Waals surface area contributed by atoms with E-state index >= 15 is 0 Å². The minimum absolute atomic E-state index is 0.0136. The zero-order valence-corrected chi connectivity index (χ0v) is 19.8. The molecule has 0 unspecified atom stereocenters. The van der Waals surface area contributed by atoms with E-state index in [-0.39, 0.29) is 22.1 Å². The maximum atomic E-state index is 14.8. The highest BCUT2D eigenvalue weighted by Crippen LogP contribution is 2.29. The molecule has 0 saturated heterocycles. The zero-order chi connectivity index (χ0) is 26.7. The summed E-state index contributed by atoms with van der Waals surface area (Å²) < 4.78 is 99.4. The molecule has 0 bridgehead atoms. The van der Waals surface area contributed by atoms with E-state index in [4.69, 9.17) is 0 Å². The van der Waals surface area contributed by atoms with Crippen LogP contribution >= 0.6 is 0 Å². The van der Waals surface area contributed by atoms with E-state index in [0.717, 1.165) is 55.5 Å². The molecular formula is C30H21F7. The summed E-state index contributed by atoms with van der Waals surface area (Å²) in [4.78, 5) is 0. The molecule has 0 amide bonds. The van der Waals surface area contributed by atoms with Gasteiger partial charge in [0, 0.05) is 11.1 Å². The Morgan fingerprint density at radius 2 is 1.35 bits per heavy atom. The van der Waals surface area contributed by atoms with Gasteiger partial charge in [-0.15, -0.1) is 0 Å². The molecule has 37 heavy (non-hydrogen) atoms. The summed E-state index contributed by atoms with van der Waals surface area (Å²) >= 11 is 0. The standard InChI is InChI=1S/C30H21F7/c1-2-3-4-5-6-17-7-9-21(23(31)12-17)19-14-24(32)22(25(33)15-19)10-8-18-11-20-16-27(35)29(36)30(37)28(20)26(34)13-18/h7,9,11-16H,2-6H2,1H3. The molecule has 0 spiro atoms. The summed E-state index contributed by atoms with van der Waals surface area (Å²) in [5.41, 5.74) is 0.0289. The van der Waals surface area contributed by atoms with Gasteiger partial charge in [-0.25, -0.2) is 30.7 Å². The number of rotatable bonds is 6. The Bertz CT molecular complexity index is 1520. The normalized spacial score (nSPS) is 11.0. The van der Waals surface area contributed by atoms with Gasteiger partial charge in [0.05, 0.1) is 10.9 Å². The topological polar surface area (TPSA) is 0 Å². The van der Waals surface area contributed by atoms with Crippen molar-refractivity contribution in [2.45, 2.75) is 39.0 Å². The van der Waals surface area contributed by atoms with Crippen LogP contribution in [0.1, 0.15) is 49.3 Å². The Morgan fingerprint density at radius 1 is 0.622 bits per heavy atom. The molecule has 4 rings (SSSR count). The Labute approximate surface area is 209 Å². The molecule has 0 radical (unpaired) electrons. The van der Waals surface area contributed by atoms with Crippen LogP contribution in [0, 0.1) is 52.6 Å². The van der Waals surface area contributed by atoms with Crippen molar-refractivity contribution in [3.63, 3.8) is 0 Å². The van der Waals surface area contributed by atoms with Gasteiger partial charge in [0.1, 0.15) is 23.3 Å². The van der Waals surface area contributed by atoms with Gasteiger partial charge >= 0.3 is 0 Å². The van der Waals surface area contributed by atoms with Crippen molar-refractivity contribution in [3.05, 3.63) is 106 Å². The summed E-state index contributed by atoms with van der Waals surface area (Å²) in [6.45, 7) is 2.10. The maximum Gasteiger partial charge on any atom is 0.195 e. The van der Waals surface area contributed by atoms with E-state index in [1.54, 1.807) is 6.07 Å². The number of fused-ring (bicyclic) bond motifs is 1. The Hall–Kier alpha value is -3.79. The molecule has 7 heteroatoms. The number of hydrogen-bond donors (Lipinski definition) is 0. The van der Waals surface area contributed by atoms with Crippen molar-refractivity contribution in [1.82, 2.24) is 0 Å².